The number of aryl methyl sites for hydroxylation is 1. The number of amides is 1. The number of nitriles is 1. The summed E-state index contributed by atoms with van der Waals surface area (Å²) in [5.74, 6) is -0.556. The zero-order valence-corrected chi connectivity index (χ0v) is 18.3. The van der Waals surface area contributed by atoms with Crippen LogP contribution in [0.15, 0.2) is 53.1 Å². The van der Waals surface area contributed by atoms with Crippen LogP contribution in [0.4, 0.5) is 13.2 Å². The van der Waals surface area contributed by atoms with Gasteiger partial charge in [0.25, 0.3) is 5.91 Å². The van der Waals surface area contributed by atoms with Crippen LogP contribution in [-0.2, 0) is 6.18 Å². The molecule has 0 saturated heterocycles. The lowest BCUT2D eigenvalue weighted by atomic mass is 9.85. The first-order valence-electron chi connectivity index (χ1n) is 9.17. The molecule has 0 aromatic heterocycles. The Kier molecular flexibility index (Phi) is 7.04. The van der Waals surface area contributed by atoms with E-state index in [0.717, 1.165) is 29.5 Å². The molecule has 0 radical (unpaired) electrons. The van der Waals surface area contributed by atoms with Gasteiger partial charge in [-0.2, -0.15) is 18.4 Å². The van der Waals surface area contributed by atoms with Crippen LogP contribution in [-0.4, -0.2) is 12.2 Å². The number of rotatable bonds is 4. The van der Waals surface area contributed by atoms with Gasteiger partial charge < -0.3 is 5.32 Å². The third kappa shape index (κ3) is 5.25. The van der Waals surface area contributed by atoms with Crippen LogP contribution >= 0.6 is 11.8 Å². The Balaban J connectivity index is 2.57. The van der Waals surface area contributed by atoms with Gasteiger partial charge in [-0.25, -0.2) is 0 Å². The Morgan fingerprint density at radius 3 is 2.20 bits per heavy atom. The fraction of sp³-hybridized carbons (Fsp3) is 0.304. The van der Waals surface area contributed by atoms with Crippen LogP contribution in [0.2, 0.25) is 0 Å². The average molecular weight is 433 g/mol. The number of nitrogens with one attached hydrogen (secondary N) is 1. The molecule has 0 heterocycles. The molecule has 0 aliphatic heterocycles. The van der Waals surface area contributed by atoms with Crippen molar-refractivity contribution in [1.82, 2.24) is 5.32 Å². The molecule has 0 bridgehead atoms. The van der Waals surface area contributed by atoms with E-state index in [1.165, 1.54) is 6.07 Å². The van der Waals surface area contributed by atoms with Crippen molar-refractivity contribution in [3.63, 3.8) is 0 Å². The lowest BCUT2D eigenvalue weighted by molar-refractivity contribution is -0.137. The van der Waals surface area contributed by atoms with Gasteiger partial charge in [0.2, 0.25) is 0 Å². The standard InChI is InChI=1S/C23H23F3N2OS/c1-14-8-6-7-9-16(14)18(13-27)20(22(2,3)4)28-21(29)17-11-10-15(23(24,25)26)12-19(17)30-5/h6-12H,1-5H3,(H,28,29). The molecule has 1 amide bonds. The van der Waals surface area contributed by atoms with Gasteiger partial charge in [0.15, 0.2) is 0 Å². The molecule has 0 aliphatic rings. The molecule has 0 saturated carbocycles. The molecule has 0 atom stereocenters. The molecule has 1 N–H and O–H groups in total. The van der Waals surface area contributed by atoms with E-state index in [2.05, 4.69) is 11.4 Å². The molecule has 0 unspecified atom stereocenters. The Morgan fingerprint density at radius 2 is 1.70 bits per heavy atom. The maximum atomic E-state index is 13.0. The van der Waals surface area contributed by atoms with E-state index in [1.54, 1.807) is 12.3 Å². The highest BCUT2D eigenvalue weighted by Crippen LogP contribution is 2.35. The summed E-state index contributed by atoms with van der Waals surface area (Å²) in [6.45, 7) is 7.46. The third-order valence-corrected chi connectivity index (χ3v) is 5.32. The number of allylic oxidation sites excluding steroid dienone is 2. The zero-order valence-electron chi connectivity index (χ0n) is 17.4. The van der Waals surface area contributed by atoms with Crippen molar-refractivity contribution in [2.45, 2.75) is 38.8 Å². The smallest absolute Gasteiger partial charge is 0.324 e. The Bertz CT molecular complexity index is 1030. The second kappa shape index (κ2) is 8.97. The van der Waals surface area contributed by atoms with Crippen LogP contribution in [0.25, 0.3) is 5.57 Å². The number of carbonyl (C=O) groups excluding carboxylic acids is 1. The fourth-order valence-electron chi connectivity index (χ4n) is 2.97. The number of hydrogen-bond acceptors (Lipinski definition) is 3. The van der Waals surface area contributed by atoms with E-state index < -0.39 is 23.1 Å². The molecule has 30 heavy (non-hydrogen) atoms. The predicted octanol–water partition coefficient (Wildman–Crippen LogP) is 6.45. The summed E-state index contributed by atoms with van der Waals surface area (Å²) in [6, 6.07) is 12.6. The Hall–Kier alpha value is -2.72. The summed E-state index contributed by atoms with van der Waals surface area (Å²) in [7, 11) is 0. The van der Waals surface area contributed by atoms with Gasteiger partial charge in [-0.1, -0.05) is 45.0 Å². The predicted molar refractivity (Wildman–Crippen MR) is 114 cm³/mol. The molecule has 0 spiro atoms. The number of carbonyl (C=O) groups is 1. The van der Waals surface area contributed by atoms with Crippen molar-refractivity contribution < 1.29 is 18.0 Å². The summed E-state index contributed by atoms with van der Waals surface area (Å²) in [6.07, 6.45) is -2.88. The van der Waals surface area contributed by atoms with Crippen LogP contribution in [0.3, 0.4) is 0 Å². The third-order valence-electron chi connectivity index (χ3n) is 4.54. The lowest BCUT2D eigenvalue weighted by Crippen LogP contribution is -2.31. The number of thioether (sulfide) groups is 1. The lowest BCUT2D eigenvalue weighted by Gasteiger charge is -2.26. The first-order valence-corrected chi connectivity index (χ1v) is 10.4. The first kappa shape index (κ1) is 23.6. The van der Waals surface area contributed by atoms with E-state index >= 15 is 0 Å². The largest absolute Gasteiger partial charge is 0.416 e. The Labute approximate surface area is 179 Å². The SMILES string of the molecule is CSc1cc(C(F)(F)F)ccc1C(=O)NC(=C(C#N)c1ccccc1C)C(C)(C)C. The Morgan fingerprint density at radius 1 is 1.07 bits per heavy atom. The summed E-state index contributed by atoms with van der Waals surface area (Å²) in [5.41, 5.74) is 1.04. The van der Waals surface area contributed by atoms with Crippen LogP contribution in [0.5, 0.6) is 0 Å². The van der Waals surface area contributed by atoms with Gasteiger partial charge in [-0.05, 0) is 42.5 Å². The minimum absolute atomic E-state index is 0.124. The van der Waals surface area contributed by atoms with Gasteiger partial charge in [0.1, 0.15) is 6.07 Å². The molecule has 2 aromatic rings. The van der Waals surface area contributed by atoms with Crippen molar-refractivity contribution in [2.75, 3.05) is 6.26 Å². The van der Waals surface area contributed by atoms with Crippen LogP contribution in [0, 0.1) is 23.7 Å². The van der Waals surface area contributed by atoms with Crippen molar-refractivity contribution >= 4 is 23.2 Å². The zero-order chi connectivity index (χ0) is 22.7. The van der Waals surface area contributed by atoms with E-state index in [-0.39, 0.29) is 10.5 Å². The second-order valence-corrected chi connectivity index (χ2v) is 8.64. The number of hydrogen-bond donors (Lipinski definition) is 1. The number of halogens is 3. The van der Waals surface area contributed by atoms with Crippen molar-refractivity contribution in [3.05, 3.63) is 70.4 Å². The van der Waals surface area contributed by atoms with Gasteiger partial charge in [-0.3, -0.25) is 4.79 Å². The minimum atomic E-state index is -4.49. The van der Waals surface area contributed by atoms with E-state index in [9.17, 15) is 23.2 Å². The molecule has 0 aliphatic carbocycles. The molecule has 7 heteroatoms. The first-order chi connectivity index (χ1) is 13.9. The molecular weight excluding hydrogens is 409 g/mol. The van der Waals surface area contributed by atoms with Crippen molar-refractivity contribution in [1.29, 1.82) is 5.26 Å². The maximum Gasteiger partial charge on any atom is 0.416 e. The summed E-state index contributed by atoms with van der Waals surface area (Å²) < 4.78 is 39.1. The molecular formula is C23H23F3N2OS. The van der Waals surface area contributed by atoms with E-state index in [0.29, 0.717) is 16.8 Å². The highest BCUT2D eigenvalue weighted by Gasteiger charge is 2.32. The molecule has 158 valence electrons. The van der Waals surface area contributed by atoms with Crippen molar-refractivity contribution in [2.24, 2.45) is 5.41 Å². The number of benzene rings is 2. The monoisotopic (exact) mass is 432 g/mol. The fourth-order valence-corrected chi connectivity index (χ4v) is 3.59. The van der Waals surface area contributed by atoms with Gasteiger partial charge in [0.05, 0.1) is 16.7 Å². The molecule has 0 fully saturated rings. The van der Waals surface area contributed by atoms with Crippen molar-refractivity contribution in [3.8, 4) is 6.07 Å². The quantitative estimate of drug-likeness (QED) is 0.446. The van der Waals surface area contributed by atoms with Gasteiger partial charge >= 0.3 is 6.18 Å². The molecule has 3 nitrogen and oxygen atoms in total. The van der Waals surface area contributed by atoms with E-state index in [1.807, 2.05) is 45.9 Å². The minimum Gasteiger partial charge on any atom is -0.324 e. The molecule has 2 aromatic carbocycles. The normalized spacial score (nSPS) is 12.8. The van der Waals surface area contributed by atoms with Gasteiger partial charge in [0, 0.05) is 16.0 Å². The van der Waals surface area contributed by atoms with Crippen LogP contribution < -0.4 is 5.32 Å². The second-order valence-electron chi connectivity index (χ2n) is 7.79. The number of alkyl halides is 3. The highest BCUT2D eigenvalue weighted by atomic mass is 32.2. The number of nitrogens with zero attached hydrogens (tertiary/aromatic N) is 1. The van der Waals surface area contributed by atoms with E-state index in [4.69, 9.17) is 0 Å². The summed E-state index contributed by atoms with van der Waals surface area (Å²) >= 11 is 1.06. The van der Waals surface area contributed by atoms with Crippen LogP contribution in [0.1, 0.15) is 47.8 Å². The summed E-state index contributed by atoms with van der Waals surface area (Å²) in [5, 5.41) is 12.7. The topological polar surface area (TPSA) is 52.9 Å². The summed E-state index contributed by atoms with van der Waals surface area (Å²) in [4.78, 5) is 13.2. The average Bonchev–Trinajstić information content (AvgIpc) is 2.66. The van der Waals surface area contributed by atoms with Gasteiger partial charge in [-0.15, -0.1) is 11.8 Å². The maximum absolute atomic E-state index is 13.0. The molecule has 2 rings (SSSR count). The highest BCUT2D eigenvalue weighted by molar-refractivity contribution is 7.98.